The van der Waals surface area contributed by atoms with Crippen molar-refractivity contribution >= 4 is 62.1 Å². The lowest BCUT2D eigenvalue weighted by molar-refractivity contribution is -0.115. The molecule has 4 rings (SSSR count). The van der Waals surface area contributed by atoms with Crippen LogP contribution in [0.2, 0.25) is 0 Å². The molecule has 2 N–H and O–H groups in total. The van der Waals surface area contributed by atoms with E-state index in [0.717, 1.165) is 15.6 Å². The summed E-state index contributed by atoms with van der Waals surface area (Å²) in [6.07, 6.45) is 1.75. The summed E-state index contributed by atoms with van der Waals surface area (Å²) in [7, 11) is 0. The van der Waals surface area contributed by atoms with Crippen LogP contribution in [0.15, 0.2) is 82.2 Å². The minimum atomic E-state index is -0.230. The number of benzene rings is 3. The average Bonchev–Trinajstić information content (AvgIpc) is 3.19. The van der Waals surface area contributed by atoms with Crippen LogP contribution in [0.25, 0.3) is 6.08 Å². The van der Waals surface area contributed by atoms with E-state index in [2.05, 4.69) is 26.6 Å². The molecular formula is C26H21BrN2O4S2. The molecule has 9 heteroatoms. The van der Waals surface area contributed by atoms with Gasteiger partial charge in [0.15, 0.2) is 0 Å². The second-order valence-corrected chi connectivity index (χ2v) is 9.98. The van der Waals surface area contributed by atoms with Crippen molar-refractivity contribution in [2.75, 3.05) is 13.2 Å². The van der Waals surface area contributed by atoms with Gasteiger partial charge in [-0.2, -0.15) is 0 Å². The number of ether oxygens (including phenoxy) is 2. The molecule has 0 radical (unpaired) electrons. The highest BCUT2D eigenvalue weighted by Crippen LogP contribution is 2.32. The van der Waals surface area contributed by atoms with Crippen LogP contribution >= 0.6 is 39.9 Å². The van der Waals surface area contributed by atoms with Crippen molar-refractivity contribution in [1.82, 2.24) is 10.6 Å². The zero-order chi connectivity index (χ0) is 24.6. The number of rotatable bonds is 9. The van der Waals surface area contributed by atoms with Crippen molar-refractivity contribution in [3.63, 3.8) is 0 Å². The van der Waals surface area contributed by atoms with Crippen LogP contribution in [0, 0.1) is 0 Å². The van der Waals surface area contributed by atoms with Gasteiger partial charge in [0.25, 0.3) is 11.8 Å². The van der Waals surface area contributed by atoms with Gasteiger partial charge in [-0.05, 0) is 36.4 Å². The van der Waals surface area contributed by atoms with E-state index in [-0.39, 0.29) is 18.4 Å². The molecule has 1 aliphatic heterocycles. The monoisotopic (exact) mass is 568 g/mol. The Kier molecular flexibility index (Phi) is 8.57. The average molecular weight is 570 g/mol. The van der Waals surface area contributed by atoms with Crippen LogP contribution in [0.1, 0.15) is 21.5 Å². The minimum absolute atomic E-state index is 0.154. The van der Waals surface area contributed by atoms with Gasteiger partial charge in [0, 0.05) is 27.2 Å². The van der Waals surface area contributed by atoms with Gasteiger partial charge in [-0.15, -0.1) is 0 Å². The molecule has 0 unspecified atom stereocenters. The summed E-state index contributed by atoms with van der Waals surface area (Å²) in [5.41, 5.74) is 2.31. The summed E-state index contributed by atoms with van der Waals surface area (Å²) >= 11 is 9.84. The van der Waals surface area contributed by atoms with Crippen molar-refractivity contribution in [3.8, 4) is 11.5 Å². The van der Waals surface area contributed by atoms with E-state index >= 15 is 0 Å². The maximum absolute atomic E-state index is 12.2. The molecule has 1 heterocycles. The number of hydrogen-bond acceptors (Lipinski definition) is 6. The molecule has 35 heavy (non-hydrogen) atoms. The lowest BCUT2D eigenvalue weighted by Gasteiger charge is -2.14. The number of halogens is 1. The molecule has 0 spiro atoms. The van der Waals surface area contributed by atoms with Gasteiger partial charge in [-0.3, -0.25) is 9.59 Å². The zero-order valence-corrected chi connectivity index (χ0v) is 21.7. The van der Waals surface area contributed by atoms with Crippen LogP contribution in [-0.4, -0.2) is 29.3 Å². The summed E-state index contributed by atoms with van der Waals surface area (Å²) in [6.45, 7) is 0.960. The molecular weight excluding hydrogens is 548 g/mol. The van der Waals surface area contributed by atoms with Crippen molar-refractivity contribution in [1.29, 1.82) is 0 Å². The second-order valence-electron chi connectivity index (χ2n) is 7.40. The van der Waals surface area contributed by atoms with Crippen molar-refractivity contribution in [3.05, 3.63) is 98.9 Å². The Bertz CT molecular complexity index is 1280. The summed E-state index contributed by atoms with van der Waals surface area (Å²) in [5, 5.41) is 5.46. The van der Waals surface area contributed by atoms with E-state index in [4.69, 9.17) is 21.7 Å². The maximum Gasteiger partial charge on any atom is 0.263 e. The minimum Gasteiger partial charge on any atom is -0.492 e. The van der Waals surface area contributed by atoms with Gasteiger partial charge in [0.1, 0.15) is 29.0 Å². The lowest BCUT2D eigenvalue weighted by atomic mass is 10.1. The van der Waals surface area contributed by atoms with Crippen molar-refractivity contribution < 1.29 is 19.1 Å². The quantitative estimate of drug-likeness (QED) is 0.206. The number of nitrogens with one attached hydrogen (secondary N) is 2. The normalized spacial score (nSPS) is 14.0. The Labute approximate surface area is 221 Å². The number of carbonyl (C=O) groups excluding carboxylic acids is 2. The van der Waals surface area contributed by atoms with Gasteiger partial charge in [-0.25, -0.2) is 0 Å². The van der Waals surface area contributed by atoms with E-state index in [9.17, 15) is 9.59 Å². The first-order valence-electron chi connectivity index (χ1n) is 10.7. The van der Waals surface area contributed by atoms with Gasteiger partial charge < -0.3 is 20.1 Å². The predicted octanol–water partition coefficient (Wildman–Crippen LogP) is 5.33. The second kappa shape index (κ2) is 12.0. The van der Waals surface area contributed by atoms with Crippen molar-refractivity contribution in [2.45, 2.75) is 6.61 Å². The van der Waals surface area contributed by atoms with E-state index in [1.165, 1.54) is 11.8 Å². The molecule has 178 valence electrons. The number of thioether (sulfide) groups is 1. The largest absolute Gasteiger partial charge is 0.492 e. The third-order valence-electron chi connectivity index (χ3n) is 4.95. The van der Waals surface area contributed by atoms with Crippen LogP contribution in [-0.2, 0) is 11.4 Å². The maximum atomic E-state index is 12.2. The molecule has 3 aromatic carbocycles. The molecule has 1 fully saturated rings. The molecule has 0 saturated carbocycles. The fraction of sp³-hybridized carbons (Fsp3) is 0.115. The molecule has 1 saturated heterocycles. The Morgan fingerprint density at radius 3 is 2.57 bits per heavy atom. The third kappa shape index (κ3) is 6.94. The van der Waals surface area contributed by atoms with Crippen LogP contribution in [0.4, 0.5) is 0 Å². The van der Waals surface area contributed by atoms with E-state index in [1.807, 2.05) is 48.5 Å². The molecule has 0 bridgehead atoms. The van der Waals surface area contributed by atoms with E-state index < -0.39 is 0 Å². The van der Waals surface area contributed by atoms with Gasteiger partial charge in [0.2, 0.25) is 0 Å². The highest BCUT2D eigenvalue weighted by atomic mass is 79.9. The standard InChI is InChI=1S/C26H21BrN2O4S2/c27-21-9-5-4-8-19(21)16-33-22-15-20(11-10-18(22)14-23-25(31)29-26(34)35-23)32-13-12-28-24(30)17-6-2-1-3-7-17/h1-11,14-15H,12-13,16H2,(H,28,30)(H,29,31,34). The van der Waals surface area contributed by atoms with Crippen molar-refractivity contribution in [2.24, 2.45) is 0 Å². The number of hydrogen-bond donors (Lipinski definition) is 2. The Morgan fingerprint density at radius 2 is 1.83 bits per heavy atom. The van der Waals surface area contributed by atoms with Crippen LogP contribution in [0.3, 0.4) is 0 Å². The highest BCUT2D eigenvalue weighted by Gasteiger charge is 2.22. The van der Waals surface area contributed by atoms with Crippen LogP contribution in [0.5, 0.6) is 11.5 Å². The predicted molar refractivity (Wildman–Crippen MR) is 145 cm³/mol. The molecule has 6 nitrogen and oxygen atoms in total. The molecule has 1 aliphatic rings. The third-order valence-corrected chi connectivity index (χ3v) is 6.88. The zero-order valence-electron chi connectivity index (χ0n) is 18.5. The SMILES string of the molecule is O=C1NC(=S)SC1=Cc1ccc(OCCNC(=O)c2ccccc2)cc1OCc1ccccc1Br. The van der Waals surface area contributed by atoms with Gasteiger partial charge >= 0.3 is 0 Å². The fourth-order valence-corrected chi connectivity index (χ4v) is 4.64. The number of carbonyl (C=O) groups is 2. The molecule has 2 amide bonds. The first-order chi connectivity index (χ1) is 17.0. The fourth-order valence-electron chi connectivity index (χ4n) is 3.21. The van der Waals surface area contributed by atoms with Gasteiger partial charge in [-0.1, -0.05) is 76.3 Å². The first-order valence-corrected chi connectivity index (χ1v) is 12.7. The van der Waals surface area contributed by atoms with E-state index in [1.54, 1.807) is 30.3 Å². The van der Waals surface area contributed by atoms with Crippen LogP contribution < -0.4 is 20.1 Å². The molecule has 0 atom stereocenters. The molecule has 3 aromatic rings. The Morgan fingerprint density at radius 1 is 1.06 bits per heavy atom. The Hall–Kier alpha value is -3.14. The van der Waals surface area contributed by atoms with E-state index in [0.29, 0.717) is 39.4 Å². The summed E-state index contributed by atoms with van der Waals surface area (Å²) in [4.78, 5) is 24.8. The lowest BCUT2D eigenvalue weighted by Crippen LogP contribution is -2.28. The van der Waals surface area contributed by atoms with Gasteiger partial charge in [0.05, 0.1) is 11.4 Å². The first kappa shape index (κ1) is 25.0. The smallest absolute Gasteiger partial charge is 0.263 e. The molecule has 0 aliphatic carbocycles. The summed E-state index contributed by atoms with van der Waals surface area (Å²) in [5.74, 6) is 0.762. The Balaban J connectivity index is 1.45. The summed E-state index contributed by atoms with van der Waals surface area (Å²) in [6, 6.07) is 22.2. The number of thiocarbonyl (C=S) groups is 1. The highest BCUT2D eigenvalue weighted by molar-refractivity contribution is 9.10. The summed E-state index contributed by atoms with van der Waals surface area (Å²) < 4.78 is 13.3. The molecule has 0 aromatic heterocycles. The number of amides is 2. The topological polar surface area (TPSA) is 76.7 Å².